The molecular formula is C5H11NO2. The number of aliphatic hydroxyl groups excluding tert-OH is 1. The van der Waals surface area contributed by atoms with Gasteiger partial charge in [-0.15, -0.1) is 0 Å². The zero-order chi connectivity index (χ0) is 6.73. The van der Waals surface area contributed by atoms with Crippen LogP contribution in [0, 0.1) is 5.92 Å². The van der Waals surface area contributed by atoms with Gasteiger partial charge < -0.3 is 5.11 Å². The second-order valence-electron chi connectivity index (χ2n) is 2.00. The maximum atomic E-state index is 10.5. The topological polar surface area (TPSA) is 63.3 Å². The van der Waals surface area contributed by atoms with Crippen molar-refractivity contribution >= 4 is 5.78 Å². The highest BCUT2D eigenvalue weighted by atomic mass is 16.3. The van der Waals surface area contributed by atoms with E-state index in [1.165, 1.54) is 0 Å². The first-order valence-electron chi connectivity index (χ1n) is 2.53. The molecule has 3 N–H and O–H groups in total. The van der Waals surface area contributed by atoms with Gasteiger partial charge in [0.05, 0.1) is 0 Å². The SMILES string of the molecule is CC(C)C(=O)C(N)O. The Bertz CT molecular complexity index is 78.4. The standard InChI is InChI=1S/C5H11NO2/c1-3(2)4(7)5(6)8/h3,5,8H,6H2,1-2H3. The first-order chi connectivity index (χ1) is 3.55. The van der Waals surface area contributed by atoms with Crippen LogP contribution in [0.2, 0.25) is 0 Å². The van der Waals surface area contributed by atoms with Crippen molar-refractivity contribution in [2.75, 3.05) is 0 Å². The molecule has 0 aliphatic carbocycles. The summed E-state index contributed by atoms with van der Waals surface area (Å²) in [5.74, 6) is -0.486. The fraction of sp³-hybridized carbons (Fsp3) is 0.800. The molecule has 0 spiro atoms. The number of ketones is 1. The van der Waals surface area contributed by atoms with Gasteiger partial charge in [0.2, 0.25) is 0 Å². The van der Waals surface area contributed by atoms with Gasteiger partial charge in [-0.2, -0.15) is 0 Å². The number of rotatable bonds is 2. The second kappa shape index (κ2) is 2.79. The molecule has 0 aliphatic rings. The van der Waals surface area contributed by atoms with Crippen LogP contribution in [0.5, 0.6) is 0 Å². The summed E-state index contributed by atoms with van der Waals surface area (Å²) in [4.78, 5) is 10.5. The summed E-state index contributed by atoms with van der Waals surface area (Å²) in [6.07, 6.45) is -1.30. The van der Waals surface area contributed by atoms with Crippen molar-refractivity contribution < 1.29 is 9.90 Å². The highest BCUT2D eigenvalue weighted by Gasteiger charge is 2.12. The minimum Gasteiger partial charge on any atom is -0.371 e. The molecular weight excluding hydrogens is 106 g/mol. The monoisotopic (exact) mass is 117 g/mol. The van der Waals surface area contributed by atoms with Crippen LogP contribution in [0.4, 0.5) is 0 Å². The number of hydrogen-bond acceptors (Lipinski definition) is 3. The highest BCUT2D eigenvalue weighted by Crippen LogP contribution is 1.94. The predicted molar refractivity (Wildman–Crippen MR) is 30.0 cm³/mol. The van der Waals surface area contributed by atoms with Crippen LogP contribution < -0.4 is 5.73 Å². The Labute approximate surface area is 48.5 Å². The molecule has 0 amide bonds. The first-order valence-corrected chi connectivity index (χ1v) is 2.53. The molecule has 1 atom stereocenters. The third-order valence-corrected chi connectivity index (χ3v) is 0.861. The van der Waals surface area contributed by atoms with Crippen LogP contribution in [0.3, 0.4) is 0 Å². The van der Waals surface area contributed by atoms with E-state index in [2.05, 4.69) is 0 Å². The average Bonchev–Trinajstić information content (AvgIpc) is 1.64. The molecule has 0 aromatic rings. The molecule has 0 heterocycles. The van der Waals surface area contributed by atoms with Gasteiger partial charge >= 0.3 is 0 Å². The highest BCUT2D eigenvalue weighted by molar-refractivity contribution is 5.83. The summed E-state index contributed by atoms with van der Waals surface area (Å²) in [6.45, 7) is 3.39. The Morgan fingerprint density at radius 2 is 2.00 bits per heavy atom. The van der Waals surface area contributed by atoms with Crippen LogP contribution in [0.25, 0.3) is 0 Å². The Morgan fingerprint density at radius 3 is 2.00 bits per heavy atom. The normalized spacial score (nSPS) is 14.1. The van der Waals surface area contributed by atoms with Crippen molar-refractivity contribution in [3.05, 3.63) is 0 Å². The van der Waals surface area contributed by atoms with E-state index >= 15 is 0 Å². The fourth-order valence-electron chi connectivity index (χ4n) is 0.342. The molecule has 0 aromatic carbocycles. The molecule has 0 aliphatic heterocycles. The van der Waals surface area contributed by atoms with Crippen LogP contribution in [-0.2, 0) is 4.79 Å². The second-order valence-corrected chi connectivity index (χ2v) is 2.00. The minimum absolute atomic E-state index is 0.171. The van der Waals surface area contributed by atoms with E-state index in [0.717, 1.165) is 0 Å². The van der Waals surface area contributed by atoms with Crippen molar-refractivity contribution in [3.63, 3.8) is 0 Å². The lowest BCUT2D eigenvalue weighted by atomic mass is 10.1. The van der Waals surface area contributed by atoms with E-state index < -0.39 is 6.23 Å². The first kappa shape index (κ1) is 7.59. The molecule has 48 valence electrons. The van der Waals surface area contributed by atoms with E-state index in [-0.39, 0.29) is 11.7 Å². The molecule has 8 heavy (non-hydrogen) atoms. The van der Waals surface area contributed by atoms with Gasteiger partial charge in [0.1, 0.15) is 0 Å². The van der Waals surface area contributed by atoms with Gasteiger partial charge in [0, 0.05) is 5.92 Å². The molecule has 3 heteroatoms. The number of carbonyl (C=O) groups excluding carboxylic acids is 1. The molecule has 0 radical (unpaired) electrons. The quantitative estimate of drug-likeness (QED) is 0.479. The maximum absolute atomic E-state index is 10.5. The summed E-state index contributed by atoms with van der Waals surface area (Å²) in [7, 11) is 0. The zero-order valence-electron chi connectivity index (χ0n) is 5.09. The van der Waals surface area contributed by atoms with Crippen LogP contribution in [0.15, 0.2) is 0 Å². The lowest BCUT2D eigenvalue weighted by molar-refractivity contribution is -0.129. The molecule has 0 bridgehead atoms. The van der Waals surface area contributed by atoms with Gasteiger partial charge in [0.15, 0.2) is 12.0 Å². The van der Waals surface area contributed by atoms with Crippen LogP contribution in [0.1, 0.15) is 13.8 Å². The number of nitrogens with two attached hydrogens (primary N) is 1. The fourth-order valence-corrected chi connectivity index (χ4v) is 0.342. The Morgan fingerprint density at radius 1 is 1.62 bits per heavy atom. The van der Waals surface area contributed by atoms with E-state index in [1.807, 2.05) is 0 Å². The summed E-state index contributed by atoms with van der Waals surface area (Å²) >= 11 is 0. The Balaban J connectivity index is 3.65. The predicted octanol–water partition coefficient (Wildman–Crippen LogP) is -0.511. The van der Waals surface area contributed by atoms with Gasteiger partial charge in [0.25, 0.3) is 0 Å². The molecule has 0 saturated heterocycles. The number of carbonyl (C=O) groups is 1. The third-order valence-electron chi connectivity index (χ3n) is 0.861. The molecule has 0 saturated carbocycles. The lowest BCUT2D eigenvalue weighted by Gasteiger charge is -2.04. The minimum atomic E-state index is -1.30. The molecule has 0 rings (SSSR count). The van der Waals surface area contributed by atoms with E-state index in [9.17, 15) is 4.79 Å². The third kappa shape index (κ3) is 2.04. The smallest absolute Gasteiger partial charge is 0.178 e. The van der Waals surface area contributed by atoms with Crippen molar-refractivity contribution in [1.82, 2.24) is 0 Å². The Kier molecular flexibility index (Phi) is 2.65. The maximum Gasteiger partial charge on any atom is 0.178 e. The zero-order valence-corrected chi connectivity index (χ0v) is 5.09. The molecule has 3 nitrogen and oxygen atoms in total. The average molecular weight is 117 g/mol. The van der Waals surface area contributed by atoms with Crippen molar-refractivity contribution in [2.24, 2.45) is 11.7 Å². The largest absolute Gasteiger partial charge is 0.371 e. The van der Waals surface area contributed by atoms with Crippen LogP contribution >= 0.6 is 0 Å². The number of Topliss-reactive ketones (excluding diaryl/α,β-unsaturated/α-hetero) is 1. The summed E-state index contributed by atoms with van der Waals surface area (Å²) in [6, 6.07) is 0. The summed E-state index contributed by atoms with van der Waals surface area (Å²) < 4.78 is 0. The van der Waals surface area contributed by atoms with Crippen LogP contribution in [-0.4, -0.2) is 17.1 Å². The van der Waals surface area contributed by atoms with Crippen molar-refractivity contribution in [1.29, 1.82) is 0 Å². The van der Waals surface area contributed by atoms with E-state index in [4.69, 9.17) is 10.8 Å². The van der Waals surface area contributed by atoms with Gasteiger partial charge in [-0.25, -0.2) is 0 Å². The number of aliphatic hydroxyl groups is 1. The van der Waals surface area contributed by atoms with Gasteiger partial charge in [-0.3, -0.25) is 10.5 Å². The van der Waals surface area contributed by atoms with Gasteiger partial charge in [-0.1, -0.05) is 13.8 Å². The van der Waals surface area contributed by atoms with E-state index in [1.54, 1.807) is 13.8 Å². The van der Waals surface area contributed by atoms with Crippen molar-refractivity contribution in [2.45, 2.75) is 20.1 Å². The van der Waals surface area contributed by atoms with Crippen molar-refractivity contribution in [3.8, 4) is 0 Å². The van der Waals surface area contributed by atoms with E-state index in [0.29, 0.717) is 0 Å². The summed E-state index contributed by atoms with van der Waals surface area (Å²) in [5, 5.41) is 8.42. The van der Waals surface area contributed by atoms with Gasteiger partial charge in [-0.05, 0) is 0 Å². The molecule has 0 fully saturated rings. The lowest BCUT2D eigenvalue weighted by Crippen LogP contribution is -2.32. The summed E-state index contributed by atoms with van der Waals surface area (Å²) in [5.41, 5.74) is 4.84. The number of hydrogen-bond donors (Lipinski definition) is 2. The molecule has 1 unspecified atom stereocenters. The Hall–Kier alpha value is -0.410. The molecule has 0 aromatic heterocycles.